The van der Waals surface area contributed by atoms with Gasteiger partial charge in [0.15, 0.2) is 0 Å². The summed E-state index contributed by atoms with van der Waals surface area (Å²) in [6, 6.07) is 11.2. The van der Waals surface area contributed by atoms with Crippen LogP contribution < -0.4 is 5.32 Å². The van der Waals surface area contributed by atoms with E-state index in [1.807, 2.05) is 6.92 Å². The smallest absolute Gasteiger partial charge is 0.337 e. The average Bonchev–Trinajstić information content (AvgIpc) is 2.63. The fraction of sp³-hybridized carbons (Fsp3) is 0.222. The van der Waals surface area contributed by atoms with Crippen molar-refractivity contribution >= 4 is 35.0 Å². The molecule has 0 unspecified atom stereocenters. The number of hydrogen-bond donors (Lipinski definition) is 1. The first kappa shape index (κ1) is 19.5. The number of anilines is 1. The van der Waals surface area contributed by atoms with E-state index < -0.39 is 10.9 Å². The Balaban J connectivity index is 1.89. The van der Waals surface area contributed by atoms with E-state index in [1.54, 1.807) is 30.3 Å². The van der Waals surface area contributed by atoms with E-state index in [4.69, 9.17) is 0 Å². The zero-order chi connectivity index (χ0) is 19.1. The number of esters is 1. The summed E-state index contributed by atoms with van der Waals surface area (Å²) >= 11 is 1.40. The van der Waals surface area contributed by atoms with Gasteiger partial charge in [0.05, 0.1) is 23.3 Å². The van der Waals surface area contributed by atoms with Gasteiger partial charge in [-0.25, -0.2) is 4.79 Å². The summed E-state index contributed by atoms with van der Waals surface area (Å²) in [6.45, 7) is 1.83. The van der Waals surface area contributed by atoms with Crippen LogP contribution in [0.2, 0.25) is 0 Å². The molecular weight excluding hydrogens is 356 g/mol. The summed E-state index contributed by atoms with van der Waals surface area (Å²) in [7, 11) is 1.30. The minimum Gasteiger partial charge on any atom is -0.465 e. The van der Waals surface area contributed by atoms with Crippen LogP contribution in [-0.2, 0) is 15.3 Å². The highest BCUT2D eigenvalue weighted by Crippen LogP contribution is 2.20. The molecule has 0 aromatic heterocycles. The lowest BCUT2D eigenvalue weighted by atomic mass is 10.1. The SMILES string of the molecule is COC(=O)c1ccc(C)c(NC(=O)CSCc2ccc([N+](=O)[O-])cc2)c1. The highest BCUT2D eigenvalue weighted by molar-refractivity contribution is 7.99. The van der Waals surface area contributed by atoms with Crippen molar-refractivity contribution in [2.75, 3.05) is 18.2 Å². The van der Waals surface area contributed by atoms with Crippen molar-refractivity contribution in [1.29, 1.82) is 0 Å². The molecule has 0 spiro atoms. The largest absolute Gasteiger partial charge is 0.465 e. The number of nitro groups is 1. The molecule has 0 bridgehead atoms. The second-order valence-corrected chi connectivity index (χ2v) is 6.47. The fourth-order valence-corrected chi connectivity index (χ4v) is 2.95. The number of nitrogens with one attached hydrogen (secondary N) is 1. The Kier molecular flexibility index (Phi) is 6.74. The number of ether oxygens (including phenoxy) is 1. The number of nitro benzene ring substituents is 1. The predicted molar refractivity (Wildman–Crippen MR) is 100 cm³/mol. The van der Waals surface area contributed by atoms with Gasteiger partial charge in [-0.15, -0.1) is 11.8 Å². The molecule has 1 N–H and O–H groups in total. The van der Waals surface area contributed by atoms with Crippen molar-refractivity contribution in [2.45, 2.75) is 12.7 Å². The first-order valence-corrected chi connectivity index (χ1v) is 8.86. The molecular formula is C18H18N2O5S. The van der Waals surface area contributed by atoms with E-state index in [1.165, 1.54) is 31.0 Å². The maximum absolute atomic E-state index is 12.1. The van der Waals surface area contributed by atoms with Crippen molar-refractivity contribution in [3.63, 3.8) is 0 Å². The number of carbonyl (C=O) groups is 2. The lowest BCUT2D eigenvalue weighted by molar-refractivity contribution is -0.384. The second kappa shape index (κ2) is 9.00. The van der Waals surface area contributed by atoms with Gasteiger partial charge in [0, 0.05) is 23.6 Å². The van der Waals surface area contributed by atoms with Crippen LogP contribution in [0, 0.1) is 17.0 Å². The van der Waals surface area contributed by atoms with Crippen LogP contribution in [0.5, 0.6) is 0 Å². The van der Waals surface area contributed by atoms with Crippen LogP contribution in [0.15, 0.2) is 42.5 Å². The molecule has 0 aliphatic carbocycles. The van der Waals surface area contributed by atoms with Gasteiger partial charge in [0.1, 0.15) is 0 Å². The molecule has 0 saturated carbocycles. The van der Waals surface area contributed by atoms with E-state index in [-0.39, 0.29) is 17.3 Å². The molecule has 0 atom stereocenters. The van der Waals surface area contributed by atoms with E-state index >= 15 is 0 Å². The molecule has 2 aromatic rings. The van der Waals surface area contributed by atoms with Crippen molar-refractivity contribution in [1.82, 2.24) is 0 Å². The summed E-state index contributed by atoms with van der Waals surface area (Å²) in [5.41, 5.74) is 2.71. The summed E-state index contributed by atoms with van der Waals surface area (Å²) in [6.07, 6.45) is 0. The second-order valence-electron chi connectivity index (χ2n) is 5.49. The first-order valence-electron chi connectivity index (χ1n) is 7.70. The van der Waals surface area contributed by atoms with Crippen LogP contribution in [0.25, 0.3) is 0 Å². The number of nitrogens with zero attached hydrogens (tertiary/aromatic N) is 1. The van der Waals surface area contributed by atoms with Crippen LogP contribution in [0.1, 0.15) is 21.5 Å². The number of hydrogen-bond acceptors (Lipinski definition) is 6. The number of benzene rings is 2. The lowest BCUT2D eigenvalue weighted by Crippen LogP contribution is -2.15. The Morgan fingerprint density at radius 1 is 1.19 bits per heavy atom. The number of aryl methyl sites for hydroxylation is 1. The molecule has 0 aliphatic heterocycles. The van der Waals surface area contributed by atoms with Crippen molar-refractivity contribution in [3.05, 3.63) is 69.3 Å². The monoisotopic (exact) mass is 374 g/mol. The fourth-order valence-electron chi connectivity index (χ4n) is 2.16. The Morgan fingerprint density at radius 3 is 2.50 bits per heavy atom. The van der Waals surface area contributed by atoms with E-state index in [0.29, 0.717) is 17.0 Å². The van der Waals surface area contributed by atoms with Gasteiger partial charge < -0.3 is 10.1 Å². The van der Waals surface area contributed by atoms with Crippen molar-refractivity contribution < 1.29 is 19.2 Å². The molecule has 0 radical (unpaired) electrons. The van der Waals surface area contributed by atoms with Crippen molar-refractivity contribution in [2.24, 2.45) is 0 Å². The Hall–Kier alpha value is -2.87. The minimum absolute atomic E-state index is 0.0393. The predicted octanol–water partition coefficient (Wildman–Crippen LogP) is 3.56. The first-order chi connectivity index (χ1) is 12.4. The Morgan fingerprint density at radius 2 is 1.88 bits per heavy atom. The van der Waals surface area contributed by atoms with Crippen molar-refractivity contribution in [3.8, 4) is 0 Å². The van der Waals surface area contributed by atoms with E-state index in [9.17, 15) is 19.7 Å². The average molecular weight is 374 g/mol. The highest BCUT2D eigenvalue weighted by Gasteiger charge is 2.11. The van der Waals surface area contributed by atoms with Gasteiger partial charge in [-0.05, 0) is 30.2 Å². The van der Waals surface area contributed by atoms with Crippen LogP contribution in [-0.4, -0.2) is 29.7 Å². The molecule has 0 heterocycles. The molecule has 0 aliphatic rings. The van der Waals surface area contributed by atoms with E-state index in [2.05, 4.69) is 10.1 Å². The molecule has 26 heavy (non-hydrogen) atoms. The third-order valence-corrected chi connectivity index (χ3v) is 4.59. The zero-order valence-electron chi connectivity index (χ0n) is 14.4. The third-order valence-electron chi connectivity index (χ3n) is 3.58. The molecule has 0 fully saturated rings. The molecule has 0 saturated heterocycles. The number of methoxy groups -OCH3 is 1. The zero-order valence-corrected chi connectivity index (χ0v) is 15.2. The summed E-state index contributed by atoms with van der Waals surface area (Å²) in [5.74, 6) is 0.126. The van der Waals surface area contributed by atoms with Gasteiger partial charge in [0.2, 0.25) is 5.91 Å². The quantitative estimate of drug-likeness (QED) is 0.452. The van der Waals surface area contributed by atoms with Gasteiger partial charge in [-0.3, -0.25) is 14.9 Å². The Bertz CT molecular complexity index is 821. The molecule has 1 amide bonds. The van der Waals surface area contributed by atoms with Gasteiger partial charge in [-0.1, -0.05) is 18.2 Å². The number of non-ortho nitro benzene ring substituents is 1. The Labute approximate surface area is 154 Å². The van der Waals surface area contributed by atoms with Crippen LogP contribution in [0.3, 0.4) is 0 Å². The topological polar surface area (TPSA) is 98.5 Å². The standard InChI is InChI=1S/C18H18N2O5S/c1-12-3-6-14(18(22)25-2)9-16(12)19-17(21)11-26-10-13-4-7-15(8-5-13)20(23)24/h3-9H,10-11H2,1-2H3,(H,19,21). The van der Waals surface area contributed by atoms with Gasteiger partial charge in [-0.2, -0.15) is 0 Å². The molecule has 7 nitrogen and oxygen atoms in total. The normalized spacial score (nSPS) is 10.2. The summed E-state index contributed by atoms with van der Waals surface area (Å²) < 4.78 is 4.68. The summed E-state index contributed by atoms with van der Waals surface area (Å²) in [4.78, 5) is 33.9. The molecule has 8 heteroatoms. The van der Waals surface area contributed by atoms with Gasteiger partial charge in [0.25, 0.3) is 5.69 Å². The van der Waals surface area contributed by atoms with Crippen LogP contribution >= 0.6 is 11.8 Å². The maximum Gasteiger partial charge on any atom is 0.337 e. The van der Waals surface area contributed by atoms with Gasteiger partial charge >= 0.3 is 5.97 Å². The number of carbonyl (C=O) groups excluding carboxylic acids is 2. The third kappa shape index (κ3) is 5.32. The lowest BCUT2D eigenvalue weighted by Gasteiger charge is -2.10. The minimum atomic E-state index is -0.465. The number of rotatable bonds is 7. The summed E-state index contributed by atoms with van der Waals surface area (Å²) in [5, 5.41) is 13.4. The molecule has 2 rings (SSSR count). The van der Waals surface area contributed by atoms with Crippen LogP contribution in [0.4, 0.5) is 11.4 Å². The van der Waals surface area contributed by atoms with E-state index in [0.717, 1.165) is 11.1 Å². The number of amides is 1. The molecule has 136 valence electrons. The highest BCUT2D eigenvalue weighted by atomic mass is 32.2. The maximum atomic E-state index is 12.1. The molecule has 2 aromatic carbocycles. The number of thioether (sulfide) groups is 1.